The summed E-state index contributed by atoms with van der Waals surface area (Å²) >= 11 is 3.34. The highest BCUT2D eigenvalue weighted by atomic mass is 79.9. The number of hydrogen-bond acceptors (Lipinski definition) is 7. The maximum absolute atomic E-state index is 14.0. The van der Waals surface area contributed by atoms with Crippen LogP contribution in [0.15, 0.2) is 59.6 Å². The molecule has 1 saturated heterocycles. The Morgan fingerprint density at radius 3 is 2.66 bits per heavy atom. The van der Waals surface area contributed by atoms with E-state index in [-0.39, 0.29) is 36.5 Å². The Kier molecular flexibility index (Phi) is 6.68. The van der Waals surface area contributed by atoms with E-state index < -0.39 is 17.9 Å². The predicted octanol–water partition coefficient (Wildman–Crippen LogP) is 5.51. The molecule has 4 aromatic heterocycles. The third kappa shape index (κ3) is 4.88. The number of benzene rings is 1. The van der Waals surface area contributed by atoms with E-state index in [2.05, 4.69) is 35.9 Å². The van der Waals surface area contributed by atoms with Crippen LogP contribution >= 0.6 is 15.9 Å². The molecule has 13 heteroatoms. The quantitative estimate of drug-likeness (QED) is 0.238. The number of likely N-dealkylation sites (tertiary alicyclic amines) is 1. The van der Waals surface area contributed by atoms with Gasteiger partial charge in [-0.1, -0.05) is 6.07 Å². The molecule has 44 heavy (non-hydrogen) atoms. The Bertz CT molecular complexity index is 1990. The first-order chi connectivity index (χ1) is 21.0. The Morgan fingerprint density at radius 2 is 1.89 bits per heavy atom. The second-order valence-electron chi connectivity index (χ2n) is 11.4. The number of alkyl halides is 3. The minimum Gasteiger partial charge on any atom is -0.383 e. The van der Waals surface area contributed by atoms with Crippen molar-refractivity contribution in [3.8, 4) is 11.1 Å². The first-order valence-corrected chi connectivity index (χ1v) is 14.8. The number of amides is 1. The largest absolute Gasteiger partial charge is 0.433 e. The van der Waals surface area contributed by atoms with Gasteiger partial charge < -0.3 is 15.2 Å². The summed E-state index contributed by atoms with van der Waals surface area (Å²) in [5.41, 5.74) is 8.63. The van der Waals surface area contributed by atoms with Gasteiger partial charge in [0.15, 0.2) is 5.78 Å². The Morgan fingerprint density at radius 1 is 1.07 bits per heavy atom. The summed E-state index contributed by atoms with van der Waals surface area (Å²) in [7, 11) is 0. The van der Waals surface area contributed by atoms with E-state index in [0.29, 0.717) is 61.3 Å². The standard InChI is InChI=1S/C31H25BrF3N7O2/c1-15-7-17(16-5-6-37-24(11-16)31(33,34)35)8-20-27-29(36)38-14-39-30(27)41(28(15)20)13-26(44)42-21-9-18(21)10-22(42)23(43)12-19-3-2-4-25(32)40-19/h2-8,11,14,18,21-22H,9-10,12-13H2,1H3,(H2,36,38,39)/t18-,21-,22+/m1/s1. The summed E-state index contributed by atoms with van der Waals surface area (Å²) in [5.74, 6) is 0.220. The number of nitrogens with two attached hydrogens (primary N) is 1. The van der Waals surface area contributed by atoms with Gasteiger partial charge in [0.05, 0.1) is 23.4 Å². The van der Waals surface area contributed by atoms with Gasteiger partial charge in [0.2, 0.25) is 5.91 Å². The lowest BCUT2D eigenvalue weighted by Gasteiger charge is -2.27. The highest BCUT2D eigenvalue weighted by Crippen LogP contribution is 2.48. The molecule has 224 valence electrons. The minimum absolute atomic E-state index is 0.0157. The molecule has 0 radical (unpaired) electrons. The lowest BCUT2D eigenvalue weighted by Crippen LogP contribution is -2.45. The van der Waals surface area contributed by atoms with Crippen LogP contribution in [0.1, 0.15) is 29.8 Å². The van der Waals surface area contributed by atoms with Crippen molar-refractivity contribution >= 4 is 55.4 Å². The van der Waals surface area contributed by atoms with Gasteiger partial charge in [-0.3, -0.25) is 14.6 Å². The summed E-state index contributed by atoms with van der Waals surface area (Å²) in [6, 6.07) is 10.9. The zero-order valence-corrected chi connectivity index (χ0v) is 24.9. The second-order valence-corrected chi connectivity index (χ2v) is 12.2. The molecule has 5 heterocycles. The molecule has 2 fully saturated rings. The molecule has 1 aliphatic carbocycles. The van der Waals surface area contributed by atoms with Gasteiger partial charge in [-0.15, -0.1) is 0 Å². The lowest BCUT2D eigenvalue weighted by atomic mass is 10.00. The molecule has 1 amide bonds. The maximum atomic E-state index is 14.0. The van der Waals surface area contributed by atoms with Crippen LogP contribution in [0.5, 0.6) is 0 Å². The molecule has 1 aromatic carbocycles. The highest BCUT2D eigenvalue weighted by molar-refractivity contribution is 9.10. The van der Waals surface area contributed by atoms with E-state index in [9.17, 15) is 22.8 Å². The van der Waals surface area contributed by atoms with Crippen LogP contribution in [0, 0.1) is 12.8 Å². The average molecular weight is 664 g/mol. The summed E-state index contributed by atoms with van der Waals surface area (Å²) in [6.45, 7) is 1.73. The SMILES string of the molecule is Cc1cc(-c2ccnc(C(F)(F)F)c2)cc2c3c(N)ncnc3n(CC(=O)N3[C@@H]4C[C@@H]4C[C@H]3C(=O)Cc3cccc(Br)n3)c12. The molecule has 2 N–H and O–H groups in total. The second kappa shape index (κ2) is 10.4. The summed E-state index contributed by atoms with van der Waals surface area (Å²) in [4.78, 5) is 45.6. The average Bonchev–Trinajstić information content (AvgIpc) is 3.51. The smallest absolute Gasteiger partial charge is 0.383 e. The molecule has 5 aromatic rings. The van der Waals surface area contributed by atoms with Crippen molar-refractivity contribution in [2.45, 2.75) is 51.0 Å². The topological polar surface area (TPSA) is 120 Å². The molecule has 2 aliphatic rings. The Balaban J connectivity index is 1.26. The van der Waals surface area contributed by atoms with Crippen LogP contribution in [0.4, 0.5) is 19.0 Å². The first-order valence-electron chi connectivity index (χ1n) is 14.0. The van der Waals surface area contributed by atoms with Crippen molar-refractivity contribution < 1.29 is 22.8 Å². The number of anilines is 1. The predicted molar refractivity (Wildman–Crippen MR) is 160 cm³/mol. The maximum Gasteiger partial charge on any atom is 0.433 e. The number of Topliss-reactive ketones (excluding diaryl/α,β-unsaturated/α-hetero) is 1. The van der Waals surface area contributed by atoms with Gasteiger partial charge in [-0.05, 0) is 94.7 Å². The van der Waals surface area contributed by atoms with Crippen molar-refractivity contribution in [2.75, 3.05) is 5.73 Å². The van der Waals surface area contributed by atoms with Crippen molar-refractivity contribution in [3.63, 3.8) is 0 Å². The molecule has 0 bridgehead atoms. The Labute approximate surface area is 257 Å². The number of aromatic nitrogens is 5. The van der Waals surface area contributed by atoms with Gasteiger partial charge in [-0.25, -0.2) is 15.0 Å². The van der Waals surface area contributed by atoms with Crippen LogP contribution in [0.3, 0.4) is 0 Å². The number of nitrogens with zero attached hydrogens (tertiary/aromatic N) is 6. The van der Waals surface area contributed by atoms with Gasteiger partial charge in [-0.2, -0.15) is 13.2 Å². The monoisotopic (exact) mass is 663 g/mol. The number of carbonyl (C=O) groups is 2. The molecule has 0 unspecified atom stereocenters. The van der Waals surface area contributed by atoms with E-state index in [4.69, 9.17) is 5.73 Å². The summed E-state index contributed by atoms with van der Waals surface area (Å²) < 4.78 is 42.6. The number of aryl methyl sites for hydroxylation is 1. The normalized spacial score (nSPS) is 19.5. The van der Waals surface area contributed by atoms with Gasteiger partial charge in [0.25, 0.3) is 0 Å². The molecule has 0 spiro atoms. The van der Waals surface area contributed by atoms with Crippen molar-refractivity contribution in [1.29, 1.82) is 0 Å². The first kappa shape index (κ1) is 28.4. The molecule has 3 atom stereocenters. The van der Waals surface area contributed by atoms with Crippen molar-refractivity contribution in [2.24, 2.45) is 5.92 Å². The van der Waals surface area contributed by atoms with E-state index in [1.165, 1.54) is 12.4 Å². The molecule has 9 nitrogen and oxygen atoms in total. The highest BCUT2D eigenvalue weighted by Gasteiger charge is 2.55. The molecule has 7 rings (SSSR count). The third-order valence-corrected chi connectivity index (χ3v) is 8.96. The zero-order valence-electron chi connectivity index (χ0n) is 23.3. The van der Waals surface area contributed by atoms with Crippen molar-refractivity contribution in [3.05, 3.63) is 76.5 Å². The number of pyridine rings is 2. The third-order valence-electron chi connectivity index (χ3n) is 8.52. The van der Waals surface area contributed by atoms with Crippen LogP contribution in [0.2, 0.25) is 0 Å². The van der Waals surface area contributed by atoms with Crippen LogP contribution in [-0.4, -0.2) is 53.2 Å². The van der Waals surface area contributed by atoms with Crippen LogP contribution in [0.25, 0.3) is 33.1 Å². The fourth-order valence-electron chi connectivity index (χ4n) is 6.54. The number of halogens is 4. The molecule has 1 aliphatic heterocycles. The lowest BCUT2D eigenvalue weighted by molar-refractivity contribution is -0.141. The number of rotatable bonds is 6. The zero-order chi connectivity index (χ0) is 30.9. The summed E-state index contributed by atoms with van der Waals surface area (Å²) in [5, 5.41) is 1.12. The van der Waals surface area contributed by atoms with Crippen LogP contribution in [-0.2, 0) is 28.7 Å². The number of carbonyl (C=O) groups excluding carboxylic acids is 2. The van der Waals surface area contributed by atoms with E-state index >= 15 is 0 Å². The van der Waals surface area contributed by atoms with E-state index in [1.54, 1.807) is 33.7 Å². The summed E-state index contributed by atoms with van der Waals surface area (Å²) in [6.07, 6.45) is -0.535. The fraction of sp³-hybridized carbons (Fsp3) is 0.290. The number of nitrogen functional groups attached to an aromatic ring is 1. The van der Waals surface area contributed by atoms with Crippen molar-refractivity contribution in [1.82, 2.24) is 29.4 Å². The molecular formula is C31H25BrF3N7O2. The number of fused-ring (bicyclic) bond motifs is 4. The number of hydrogen-bond donors (Lipinski definition) is 1. The van der Waals surface area contributed by atoms with Gasteiger partial charge in [0, 0.05) is 23.3 Å². The molecular weight excluding hydrogens is 639 g/mol. The minimum atomic E-state index is -4.59. The van der Waals surface area contributed by atoms with Crippen LogP contribution < -0.4 is 5.73 Å². The van der Waals surface area contributed by atoms with E-state index in [0.717, 1.165) is 18.7 Å². The molecule has 1 saturated carbocycles. The van der Waals surface area contributed by atoms with Gasteiger partial charge >= 0.3 is 6.18 Å². The van der Waals surface area contributed by atoms with E-state index in [1.807, 2.05) is 13.0 Å². The Hall–Kier alpha value is -4.39. The fourth-order valence-corrected chi connectivity index (χ4v) is 6.92. The van der Waals surface area contributed by atoms with Gasteiger partial charge in [0.1, 0.15) is 34.6 Å². The number of ketones is 1. The number of piperidine rings is 1.